The van der Waals surface area contributed by atoms with Gasteiger partial charge in [0.05, 0.1) is 6.04 Å². The molecule has 0 spiro atoms. The lowest BCUT2D eigenvalue weighted by Gasteiger charge is -2.36. The molecule has 5 heteroatoms. The third-order valence-electron chi connectivity index (χ3n) is 5.93. The van der Waals surface area contributed by atoms with Crippen LogP contribution in [0.1, 0.15) is 41.7 Å². The molecule has 3 aromatic carbocycles. The smallest absolute Gasteiger partial charge is 0.329 e. The lowest BCUT2D eigenvalue weighted by molar-refractivity contribution is -0.147. The average molecular weight is 420 g/mol. The summed E-state index contributed by atoms with van der Waals surface area (Å²) in [5, 5.41) is 10.5. The zero-order valence-electron chi connectivity index (χ0n) is 16.6. The van der Waals surface area contributed by atoms with Crippen LogP contribution in [0.2, 0.25) is 5.02 Å². The number of carbonyl (C=O) groups is 2. The third kappa shape index (κ3) is 3.48. The van der Waals surface area contributed by atoms with Crippen molar-refractivity contribution in [3.8, 4) is 11.1 Å². The number of halogens is 1. The maximum atomic E-state index is 13.5. The van der Waals surface area contributed by atoms with Gasteiger partial charge in [0.25, 0.3) is 5.91 Å². The zero-order valence-corrected chi connectivity index (χ0v) is 17.3. The summed E-state index contributed by atoms with van der Waals surface area (Å²) in [6.45, 7) is 1.61. The molecule has 30 heavy (non-hydrogen) atoms. The highest BCUT2D eigenvalue weighted by Crippen LogP contribution is 2.45. The number of rotatable bonds is 4. The summed E-state index contributed by atoms with van der Waals surface area (Å²) >= 11 is 6.40. The average Bonchev–Trinajstić information content (AvgIpc) is 3.13. The Balaban J connectivity index is 1.71. The molecule has 1 aliphatic heterocycles. The van der Waals surface area contributed by atoms with Gasteiger partial charge in [-0.3, -0.25) is 4.79 Å². The second-order valence-corrected chi connectivity index (χ2v) is 8.18. The molecular weight excluding hydrogens is 398 g/mol. The summed E-state index contributed by atoms with van der Waals surface area (Å²) in [5.41, 5.74) is 2.00. The molecule has 0 aliphatic carbocycles. The molecule has 0 aromatic heterocycles. The van der Waals surface area contributed by atoms with Gasteiger partial charge in [0.1, 0.15) is 5.54 Å². The van der Waals surface area contributed by atoms with E-state index in [4.69, 9.17) is 11.6 Å². The minimum Gasteiger partial charge on any atom is -0.480 e. The fourth-order valence-corrected chi connectivity index (χ4v) is 4.46. The molecule has 0 saturated carbocycles. The molecule has 0 bridgehead atoms. The topological polar surface area (TPSA) is 57.6 Å². The fourth-order valence-electron chi connectivity index (χ4n) is 4.20. The molecule has 152 valence electrons. The predicted octanol–water partition coefficient (Wildman–Crippen LogP) is 5.83. The van der Waals surface area contributed by atoms with Crippen LogP contribution in [0.5, 0.6) is 0 Å². The van der Waals surface area contributed by atoms with E-state index in [1.54, 1.807) is 25.1 Å². The Kier molecular flexibility index (Phi) is 5.35. The van der Waals surface area contributed by atoms with E-state index in [0.717, 1.165) is 16.7 Å². The molecule has 2 atom stereocenters. The Labute approximate surface area is 180 Å². The Morgan fingerprint density at radius 3 is 2.17 bits per heavy atom. The van der Waals surface area contributed by atoms with Crippen molar-refractivity contribution in [2.45, 2.75) is 31.3 Å². The van der Waals surface area contributed by atoms with Gasteiger partial charge < -0.3 is 10.0 Å². The zero-order chi connectivity index (χ0) is 21.3. The van der Waals surface area contributed by atoms with Gasteiger partial charge >= 0.3 is 5.97 Å². The quantitative estimate of drug-likeness (QED) is 0.579. The first-order chi connectivity index (χ1) is 14.4. The second kappa shape index (κ2) is 7.96. The number of nitrogens with zero attached hydrogens (tertiary/aromatic N) is 1. The van der Waals surface area contributed by atoms with Gasteiger partial charge in [0.15, 0.2) is 0 Å². The molecule has 1 saturated heterocycles. The fraction of sp³-hybridized carbons (Fsp3) is 0.200. The van der Waals surface area contributed by atoms with E-state index < -0.39 is 11.5 Å². The first kappa shape index (κ1) is 20.2. The summed E-state index contributed by atoms with van der Waals surface area (Å²) < 4.78 is 0. The first-order valence-electron chi connectivity index (χ1n) is 9.89. The van der Waals surface area contributed by atoms with Crippen molar-refractivity contribution >= 4 is 23.5 Å². The van der Waals surface area contributed by atoms with Crippen LogP contribution in [0.4, 0.5) is 0 Å². The monoisotopic (exact) mass is 419 g/mol. The number of carboxylic acid groups (broad SMARTS) is 1. The molecule has 1 heterocycles. The van der Waals surface area contributed by atoms with Crippen molar-refractivity contribution in [3.05, 3.63) is 95.0 Å². The summed E-state index contributed by atoms with van der Waals surface area (Å²) in [5.74, 6) is -1.31. The van der Waals surface area contributed by atoms with Gasteiger partial charge in [-0.05, 0) is 54.7 Å². The van der Waals surface area contributed by atoms with Crippen LogP contribution in [0.15, 0.2) is 78.9 Å². The highest BCUT2D eigenvalue weighted by Gasteiger charge is 2.51. The van der Waals surface area contributed by atoms with Crippen LogP contribution in [-0.4, -0.2) is 27.4 Å². The van der Waals surface area contributed by atoms with Gasteiger partial charge in [-0.1, -0.05) is 72.3 Å². The van der Waals surface area contributed by atoms with Gasteiger partial charge in [-0.15, -0.1) is 0 Å². The highest BCUT2D eigenvalue weighted by molar-refractivity contribution is 6.31. The van der Waals surface area contributed by atoms with Crippen LogP contribution in [0, 0.1) is 0 Å². The largest absolute Gasteiger partial charge is 0.480 e. The summed E-state index contributed by atoms with van der Waals surface area (Å²) in [6, 6.07) is 24.1. The van der Waals surface area contributed by atoms with Crippen molar-refractivity contribution in [1.82, 2.24) is 4.90 Å². The minimum absolute atomic E-state index is 0.304. The van der Waals surface area contributed by atoms with Crippen molar-refractivity contribution in [2.75, 3.05) is 0 Å². The number of likely N-dealkylation sites (tertiary alicyclic amines) is 1. The number of hydrogen-bond donors (Lipinski definition) is 1. The lowest BCUT2D eigenvalue weighted by Crippen LogP contribution is -2.51. The Hall–Kier alpha value is -3.11. The molecule has 0 unspecified atom stereocenters. The molecule has 1 fully saturated rings. The van der Waals surface area contributed by atoms with E-state index in [1.165, 1.54) is 4.90 Å². The number of aliphatic carboxylic acids is 1. The highest BCUT2D eigenvalue weighted by atomic mass is 35.5. The third-order valence-corrected chi connectivity index (χ3v) is 6.27. The Bertz CT molecular complexity index is 1080. The molecule has 4 rings (SSSR count). The van der Waals surface area contributed by atoms with Crippen LogP contribution >= 0.6 is 11.6 Å². The van der Waals surface area contributed by atoms with Crippen molar-refractivity contribution < 1.29 is 14.7 Å². The van der Waals surface area contributed by atoms with Crippen LogP contribution in [-0.2, 0) is 4.79 Å². The van der Waals surface area contributed by atoms with Gasteiger partial charge in [0.2, 0.25) is 0 Å². The Morgan fingerprint density at radius 2 is 1.53 bits per heavy atom. The minimum atomic E-state index is -1.29. The second-order valence-electron chi connectivity index (χ2n) is 7.77. The molecule has 0 radical (unpaired) electrons. The SMILES string of the molecule is C[C@@]1(C(=O)O)CC[C@H](c2ccccc2Cl)N1C(=O)c1ccc(-c2ccccc2)cc1. The predicted molar refractivity (Wildman–Crippen MR) is 118 cm³/mol. The maximum absolute atomic E-state index is 13.5. The number of hydrogen-bond acceptors (Lipinski definition) is 2. The van der Waals surface area contributed by atoms with Crippen LogP contribution < -0.4 is 0 Å². The van der Waals surface area contributed by atoms with Gasteiger partial charge in [0, 0.05) is 10.6 Å². The summed E-state index contributed by atoms with van der Waals surface area (Å²) in [6.07, 6.45) is 0.909. The number of carbonyl (C=O) groups excluding carboxylic acids is 1. The Morgan fingerprint density at radius 1 is 0.933 bits per heavy atom. The summed E-state index contributed by atoms with van der Waals surface area (Å²) in [7, 11) is 0. The van der Waals surface area contributed by atoms with E-state index in [1.807, 2.05) is 60.7 Å². The van der Waals surface area contributed by atoms with E-state index in [2.05, 4.69) is 0 Å². The molecule has 4 nitrogen and oxygen atoms in total. The van der Waals surface area contributed by atoms with Crippen LogP contribution in [0.25, 0.3) is 11.1 Å². The van der Waals surface area contributed by atoms with Crippen LogP contribution in [0.3, 0.4) is 0 Å². The van der Waals surface area contributed by atoms with Gasteiger partial charge in [-0.25, -0.2) is 4.79 Å². The van der Waals surface area contributed by atoms with E-state index in [9.17, 15) is 14.7 Å². The standard InChI is InChI=1S/C25H22ClNO3/c1-25(24(29)30)16-15-22(20-9-5-6-10-21(20)26)27(25)23(28)19-13-11-18(12-14-19)17-7-3-2-4-8-17/h2-14,22H,15-16H2,1H3,(H,29,30)/t22-,25+/m1/s1. The molecule has 1 N–H and O–H groups in total. The normalized spacial score (nSPS) is 20.9. The maximum Gasteiger partial charge on any atom is 0.329 e. The molecule has 3 aromatic rings. The molecular formula is C25H22ClNO3. The molecule has 1 amide bonds. The number of carboxylic acids is 1. The molecule has 1 aliphatic rings. The van der Waals surface area contributed by atoms with E-state index in [-0.39, 0.29) is 11.9 Å². The van der Waals surface area contributed by atoms with E-state index in [0.29, 0.717) is 23.4 Å². The van der Waals surface area contributed by atoms with Crippen molar-refractivity contribution in [2.24, 2.45) is 0 Å². The first-order valence-corrected chi connectivity index (χ1v) is 10.3. The lowest BCUT2D eigenvalue weighted by atomic mass is 9.98. The van der Waals surface area contributed by atoms with Crippen molar-refractivity contribution in [1.29, 1.82) is 0 Å². The van der Waals surface area contributed by atoms with Gasteiger partial charge in [-0.2, -0.15) is 0 Å². The van der Waals surface area contributed by atoms with E-state index >= 15 is 0 Å². The van der Waals surface area contributed by atoms with Crippen molar-refractivity contribution in [3.63, 3.8) is 0 Å². The summed E-state index contributed by atoms with van der Waals surface area (Å²) in [4.78, 5) is 27.2. The number of benzene rings is 3. The number of amides is 1.